The number of aliphatic hydroxyl groups excluding tert-OH is 4. The summed E-state index contributed by atoms with van der Waals surface area (Å²) in [5, 5.41) is 35.5. The summed E-state index contributed by atoms with van der Waals surface area (Å²) >= 11 is 0. The van der Waals surface area contributed by atoms with Gasteiger partial charge in [0.2, 0.25) is 0 Å². The maximum atomic E-state index is 9.05. The van der Waals surface area contributed by atoms with Crippen molar-refractivity contribution in [2.45, 2.75) is 31.0 Å². The minimum absolute atomic E-state index is 0.148. The smallest absolute Gasteiger partial charge is 0.183 e. The third-order valence-electron chi connectivity index (χ3n) is 1.73. The molecule has 0 amide bonds. The summed E-state index contributed by atoms with van der Waals surface area (Å²) in [5.41, 5.74) is 0. The summed E-state index contributed by atoms with van der Waals surface area (Å²) in [4.78, 5) is 0. The van der Waals surface area contributed by atoms with Crippen LogP contribution in [-0.2, 0) is 4.74 Å². The Morgan fingerprint density at radius 2 is 1.91 bits per heavy atom. The number of rotatable bonds is 1. The molecule has 1 saturated heterocycles. The molecule has 0 aromatic heterocycles. The van der Waals surface area contributed by atoms with Crippen LogP contribution in [0.25, 0.3) is 0 Å². The lowest BCUT2D eigenvalue weighted by Crippen LogP contribution is -2.49. The topological polar surface area (TPSA) is 90.2 Å². The second-order valence-corrected chi connectivity index (χ2v) is 2.62. The van der Waals surface area contributed by atoms with E-state index in [-0.39, 0.29) is 13.0 Å². The zero-order valence-corrected chi connectivity index (χ0v) is 5.92. The van der Waals surface area contributed by atoms with Crippen molar-refractivity contribution in [2.24, 2.45) is 0 Å². The average molecular weight is 164 g/mol. The molecule has 1 aliphatic heterocycles. The van der Waals surface area contributed by atoms with Crippen LogP contribution in [0.15, 0.2) is 0 Å². The molecule has 4 atom stereocenters. The molecule has 0 aliphatic carbocycles. The van der Waals surface area contributed by atoms with Gasteiger partial charge < -0.3 is 25.2 Å². The molecule has 66 valence electrons. The highest BCUT2D eigenvalue weighted by Crippen LogP contribution is 2.17. The monoisotopic (exact) mass is 164 g/mol. The van der Waals surface area contributed by atoms with Gasteiger partial charge in [0.05, 0.1) is 18.8 Å². The highest BCUT2D eigenvalue weighted by Gasteiger charge is 2.34. The normalized spacial score (nSPS) is 45.8. The molecule has 1 rings (SSSR count). The molecular weight excluding hydrogens is 152 g/mol. The third kappa shape index (κ3) is 1.88. The van der Waals surface area contributed by atoms with E-state index in [4.69, 9.17) is 25.2 Å². The van der Waals surface area contributed by atoms with Crippen LogP contribution < -0.4 is 0 Å². The first-order chi connectivity index (χ1) is 5.15. The van der Waals surface area contributed by atoms with Crippen LogP contribution in [0.2, 0.25) is 0 Å². The predicted molar refractivity (Wildman–Crippen MR) is 34.6 cm³/mol. The van der Waals surface area contributed by atoms with Crippen LogP contribution in [-0.4, -0.2) is 51.6 Å². The third-order valence-corrected chi connectivity index (χ3v) is 1.73. The molecule has 5 nitrogen and oxygen atoms in total. The Morgan fingerprint density at radius 3 is 2.36 bits per heavy atom. The fraction of sp³-hybridized carbons (Fsp3) is 1.00. The first kappa shape index (κ1) is 8.89. The van der Waals surface area contributed by atoms with Crippen molar-refractivity contribution in [1.82, 2.24) is 0 Å². The van der Waals surface area contributed by atoms with E-state index in [0.717, 1.165) is 0 Å². The molecule has 2 unspecified atom stereocenters. The Bertz CT molecular complexity index is 116. The molecule has 1 heterocycles. The van der Waals surface area contributed by atoms with E-state index in [0.29, 0.717) is 0 Å². The summed E-state index contributed by atoms with van der Waals surface area (Å²) in [7, 11) is 0. The van der Waals surface area contributed by atoms with Crippen LogP contribution in [0.1, 0.15) is 6.42 Å². The fourth-order valence-electron chi connectivity index (χ4n) is 1.05. The van der Waals surface area contributed by atoms with Gasteiger partial charge in [-0.2, -0.15) is 0 Å². The molecule has 11 heavy (non-hydrogen) atoms. The molecule has 0 aromatic carbocycles. The summed E-state index contributed by atoms with van der Waals surface area (Å²) < 4.78 is 4.71. The summed E-state index contributed by atoms with van der Waals surface area (Å²) in [6, 6.07) is 0. The van der Waals surface area contributed by atoms with Gasteiger partial charge in [0, 0.05) is 6.42 Å². The minimum atomic E-state index is -1.39. The van der Waals surface area contributed by atoms with Crippen molar-refractivity contribution in [3.8, 4) is 0 Å². The summed E-state index contributed by atoms with van der Waals surface area (Å²) in [5.74, 6) is 0. The van der Waals surface area contributed by atoms with Crippen molar-refractivity contribution in [1.29, 1.82) is 0 Å². The zero-order chi connectivity index (χ0) is 8.43. The Hall–Kier alpha value is -0.200. The molecule has 1 aliphatic rings. The quantitative estimate of drug-likeness (QED) is 0.353. The second kappa shape index (κ2) is 3.46. The second-order valence-electron chi connectivity index (χ2n) is 2.62. The first-order valence-electron chi connectivity index (χ1n) is 3.45. The van der Waals surface area contributed by atoms with Gasteiger partial charge in [-0.3, -0.25) is 0 Å². The SMILES string of the molecule is OCC1CC(O)[C@H](O)[C@@H](O)O1. The van der Waals surface area contributed by atoms with Crippen molar-refractivity contribution in [3.05, 3.63) is 0 Å². The Labute approximate surface area is 63.8 Å². The van der Waals surface area contributed by atoms with Gasteiger partial charge in [0.1, 0.15) is 6.10 Å². The molecule has 0 aromatic rings. The van der Waals surface area contributed by atoms with Gasteiger partial charge in [0.25, 0.3) is 0 Å². The minimum Gasteiger partial charge on any atom is -0.394 e. The molecule has 0 radical (unpaired) electrons. The molecule has 4 N–H and O–H groups in total. The van der Waals surface area contributed by atoms with Crippen LogP contribution in [0.3, 0.4) is 0 Å². The standard InChI is InChI=1S/C6H12O5/c7-2-3-1-4(8)5(9)6(10)11-3/h3-10H,1-2H2/t3?,4?,5-,6-/m0/s1. The molecule has 5 heteroatoms. The number of aliphatic hydroxyl groups is 4. The van der Waals surface area contributed by atoms with E-state index in [1.54, 1.807) is 0 Å². The van der Waals surface area contributed by atoms with Gasteiger partial charge in [-0.05, 0) is 0 Å². The lowest BCUT2D eigenvalue weighted by molar-refractivity contribution is -0.251. The predicted octanol–water partition coefficient (Wildman–Crippen LogP) is -2.19. The zero-order valence-electron chi connectivity index (χ0n) is 5.92. The molecular formula is C6H12O5. The van der Waals surface area contributed by atoms with Gasteiger partial charge in [-0.1, -0.05) is 0 Å². The Balaban J connectivity index is 2.47. The van der Waals surface area contributed by atoms with Crippen LogP contribution in [0, 0.1) is 0 Å². The van der Waals surface area contributed by atoms with Crippen molar-refractivity contribution in [3.63, 3.8) is 0 Å². The lowest BCUT2D eigenvalue weighted by atomic mass is 10.0. The summed E-state index contributed by atoms with van der Waals surface area (Å²) in [6.45, 7) is -0.263. The molecule has 0 bridgehead atoms. The molecule has 1 fully saturated rings. The summed E-state index contributed by atoms with van der Waals surface area (Å²) in [6.07, 6.45) is -4.11. The Morgan fingerprint density at radius 1 is 1.27 bits per heavy atom. The maximum absolute atomic E-state index is 9.05. The highest BCUT2D eigenvalue weighted by molar-refractivity contribution is 4.79. The van der Waals surface area contributed by atoms with E-state index >= 15 is 0 Å². The first-order valence-corrected chi connectivity index (χ1v) is 3.45. The van der Waals surface area contributed by atoms with Crippen molar-refractivity contribution in [2.75, 3.05) is 6.61 Å². The average Bonchev–Trinajstić information content (AvgIpc) is 1.99. The molecule has 0 saturated carbocycles. The van der Waals surface area contributed by atoms with Gasteiger partial charge in [-0.15, -0.1) is 0 Å². The van der Waals surface area contributed by atoms with E-state index < -0.39 is 24.6 Å². The van der Waals surface area contributed by atoms with E-state index in [9.17, 15) is 0 Å². The van der Waals surface area contributed by atoms with E-state index in [2.05, 4.69) is 0 Å². The van der Waals surface area contributed by atoms with Gasteiger partial charge >= 0.3 is 0 Å². The van der Waals surface area contributed by atoms with Crippen LogP contribution >= 0.6 is 0 Å². The fourth-order valence-corrected chi connectivity index (χ4v) is 1.05. The Kier molecular flexibility index (Phi) is 2.80. The maximum Gasteiger partial charge on any atom is 0.183 e. The van der Waals surface area contributed by atoms with Gasteiger partial charge in [-0.25, -0.2) is 0 Å². The number of hydrogen-bond acceptors (Lipinski definition) is 5. The number of hydrogen-bond donors (Lipinski definition) is 4. The highest BCUT2D eigenvalue weighted by atomic mass is 16.6. The molecule has 0 spiro atoms. The lowest BCUT2D eigenvalue weighted by Gasteiger charge is -2.33. The largest absolute Gasteiger partial charge is 0.394 e. The van der Waals surface area contributed by atoms with Gasteiger partial charge in [0.15, 0.2) is 6.29 Å². The van der Waals surface area contributed by atoms with Crippen LogP contribution in [0.5, 0.6) is 0 Å². The van der Waals surface area contributed by atoms with E-state index in [1.165, 1.54) is 0 Å². The van der Waals surface area contributed by atoms with Crippen molar-refractivity contribution < 1.29 is 25.2 Å². The van der Waals surface area contributed by atoms with E-state index in [1.807, 2.05) is 0 Å². The van der Waals surface area contributed by atoms with Crippen molar-refractivity contribution >= 4 is 0 Å². The number of ether oxygens (including phenoxy) is 1. The van der Waals surface area contributed by atoms with Crippen LogP contribution in [0.4, 0.5) is 0 Å².